The van der Waals surface area contributed by atoms with E-state index in [4.69, 9.17) is 0 Å². The molecule has 1 fully saturated rings. The van der Waals surface area contributed by atoms with Crippen molar-refractivity contribution in [3.8, 4) is 0 Å². The van der Waals surface area contributed by atoms with E-state index >= 15 is 0 Å². The van der Waals surface area contributed by atoms with Crippen molar-refractivity contribution in [3.63, 3.8) is 0 Å². The Kier molecular flexibility index (Phi) is 3.89. The third-order valence-electron chi connectivity index (χ3n) is 3.28. The van der Waals surface area contributed by atoms with Gasteiger partial charge in [-0.2, -0.15) is 13.2 Å². The summed E-state index contributed by atoms with van der Waals surface area (Å²) in [5, 5.41) is 5.62. The Hall–Kier alpha value is -2.64. The number of carbonyl (C=O) groups is 1. The third-order valence-corrected chi connectivity index (χ3v) is 3.28. The number of benzene rings is 1. The van der Waals surface area contributed by atoms with Crippen molar-refractivity contribution in [2.45, 2.75) is 25.1 Å². The number of nitrogens with zero attached hydrogens (tertiary/aromatic N) is 2. The molecule has 0 spiro atoms. The maximum atomic E-state index is 12.5. The molecule has 1 aliphatic rings. The van der Waals surface area contributed by atoms with E-state index in [1.807, 2.05) is 0 Å². The van der Waals surface area contributed by atoms with Crippen LogP contribution in [0.5, 0.6) is 0 Å². The van der Waals surface area contributed by atoms with Crippen LogP contribution >= 0.6 is 0 Å². The normalized spacial score (nSPS) is 14.4. The molecule has 2 N–H and O–H groups in total. The molecular weight excluding hydrogens is 309 g/mol. The average Bonchev–Trinajstić information content (AvgIpc) is 3.31. The molecule has 0 aliphatic heterocycles. The molecule has 120 valence electrons. The number of carbonyl (C=O) groups excluding carboxylic acids is 1. The molecule has 8 heteroatoms. The van der Waals surface area contributed by atoms with E-state index in [1.54, 1.807) is 0 Å². The monoisotopic (exact) mass is 322 g/mol. The number of hydrogen-bond acceptors (Lipinski definition) is 4. The van der Waals surface area contributed by atoms with Gasteiger partial charge in [0, 0.05) is 11.7 Å². The van der Waals surface area contributed by atoms with Gasteiger partial charge in [0.15, 0.2) is 0 Å². The second kappa shape index (κ2) is 5.86. The van der Waals surface area contributed by atoms with Gasteiger partial charge in [0.1, 0.15) is 11.5 Å². The van der Waals surface area contributed by atoms with Gasteiger partial charge in [-0.25, -0.2) is 9.97 Å². The van der Waals surface area contributed by atoms with Gasteiger partial charge in [-0.3, -0.25) is 4.79 Å². The standard InChI is InChI=1S/C15H13F3N4O/c16-15(17,18)9-1-3-10(4-2-9)21-13-8-19-12(7-20-13)14(23)22-11-5-6-11/h1-4,7-8,11H,5-6H2,(H,20,21)(H,22,23). The Morgan fingerprint density at radius 3 is 2.30 bits per heavy atom. The van der Waals surface area contributed by atoms with E-state index < -0.39 is 11.7 Å². The summed E-state index contributed by atoms with van der Waals surface area (Å²) in [5.41, 5.74) is -0.0708. The molecule has 1 saturated carbocycles. The van der Waals surface area contributed by atoms with Gasteiger partial charge in [0.25, 0.3) is 5.91 Å². The van der Waals surface area contributed by atoms with Crippen LogP contribution in [0.2, 0.25) is 0 Å². The molecular formula is C15H13F3N4O. The quantitative estimate of drug-likeness (QED) is 0.907. The molecule has 0 bridgehead atoms. The number of rotatable bonds is 4. The lowest BCUT2D eigenvalue weighted by Gasteiger charge is -2.09. The predicted octanol–water partition coefficient (Wildman–Crippen LogP) is 3.13. The van der Waals surface area contributed by atoms with Crippen molar-refractivity contribution in [2.75, 3.05) is 5.32 Å². The van der Waals surface area contributed by atoms with Gasteiger partial charge in [-0.15, -0.1) is 0 Å². The van der Waals surface area contributed by atoms with Crippen molar-refractivity contribution in [3.05, 3.63) is 47.9 Å². The Morgan fingerprint density at radius 1 is 1.09 bits per heavy atom. The highest BCUT2D eigenvalue weighted by atomic mass is 19.4. The third kappa shape index (κ3) is 3.97. The number of aromatic nitrogens is 2. The highest BCUT2D eigenvalue weighted by molar-refractivity contribution is 5.92. The van der Waals surface area contributed by atoms with Crippen LogP contribution in [0, 0.1) is 0 Å². The SMILES string of the molecule is O=C(NC1CC1)c1cnc(Nc2ccc(C(F)(F)F)cc2)cn1. The van der Waals surface area contributed by atoms with E-state index in [0.29, 0.717) is 11.5 Å². The summed E-state index contributed by atoms with van der Waals surface area (Å²) in [6, 6.07) is 4.80. The largest absolute Gasteiger partial charge is 0.416 e. The van der Waals surface area contributed by atoms with Gasteiger partial charge >= 0.3 is 6.18 Å². The number of anilines is 2. The zero-order chi connectivity index (χ0) is 16.4. The number of amides is 1. The highest BCUT2D eigenvalue weighted by Gasteiger charge is 2.30. The summed E-state index contributed by atoms with van der Waals surface area (Å²) < 4.78 is 37.4. The summed E-state index contributed by atoms with van der Waals surface area (Å²) in [6.07, 6.45) is 0.276. The number of halogens is 3. The first-order chi connectivity index (χ1) is 10.9. The van der Waals surface area contributed by atoms with Crippen LogP contribution in [-0.2, 0) is 6.18 Å². The smallest absolute Gasteiger partial charge is 0.348 e. The van der Waals surface area contributed by atoms with Crippen LogP contribution in [0.15, 0.2) is 36.7 Å². The lowest BCUT2D eigenvalue weighted by Crippen LogP contribution is -2.26. The molecule has 0 saturated heterocycles. The zero-order valence-corrected chi connectivity index (χ0v) is 11.9. The Bertz CT molecular complexity index is 694. The fraction of sp³-hybridized carbons (Fsp3) is 0.267. The molecule has 0 unspecified atom stereocenters. The van der Waals surface area contributed by atoms with Crippen LogP contribution in [0.3, 0.4) is 0 Å². The first-order valence-electron chi connectivity index (χ1n) is 6.99. The number of alkyl halides is 3. The minimum atomic E-state index is -4.37. The van der Waals surface area contributed by atoms with Crippen molar-refractivity contribution < 1.29 is 18.0 Å². The number of nitrogens with one attached hydrogen (secondary N) is 2. The van der Waals surface area contributed by atoms with E-state index in [2.05, 4.69) is 20.6 Å². The summed E-state index contributed by atoms with van der Waals surface area (Å²) in [5.74, 6) is 0.0637. The predicted molar refractivity (Wildman–Crippen MR) is 77.2 cm³/mol. The van der Waals surface area contributed by atoms with Crippen LogP contribution in [-0.4, -0.2) is 21.9 Å². The minimum absolute atomic E-state index is 0.204. The first kappa shape index (κ1) is 15.3. The average molecular weight is 322 g/mol. The fourth-order valence-corrected chi connectivity index (χ4v) is 1.89. The van der Waals surface area contributed by atoms with E-state index in [1.165, 1.54) is 24.5 Å². The van der Waals surface area contributed by atoms with Gasteiger partial charge in [-0.1, -0.05) is 0 Å². The Morgan fingerprint density at radius 2 is 1.78 bits per heavy atom. The minimum Gasteiger partial charge on any atom is -0.348 e. The van der Waals surface area contributed by atoms with Gasteiger partial charge in [-0.05, 0) is 37.1 Å². The molecule has 1 aromatic heterocycles. The summed E-state index contributed by atoms with van der Waals surface area (Å²) in [7, 11) is 0. The second-order valence-electron chi connectivity index (χ2n) is 5.23. The van der Waals surface area contributed by atoms with E-state index in [-0.39, 0.29) is 17.6 Å². The summed E-state index contributed by atoms with van der Waals surface area (Å²) in [4.78, 5) is 19.8. The Balaban J connectivity index is 1.64. The molecule has 1 aliphatic carbocycles. The molecule has 0 atom stereocenters. The topological polar surface area (TPSA) is 66.9 Å². The first-order valence-corrected chi connectivity index (χ1v) is 6.99. The molecule has 1 aromatic carbocycles. The maximum absolute atomic E-state index is 12.5. The van der Waals surface area contributed by atoms with Crippen LogP contribution < -0.4 is 10.6 Å². The van der Waals surface area contributed by atoms with Crippen LogP contribution in [0.1, 0.15) is 28.9 Å². The summed E-state index contributed by atoms with van der Waals surface area (Å²) >= 11 is 0. The zero-order valence-electron chi connectivity index (χ0n) is 11.9. The fourth-order valence-electron chi connectivity index (χ4n) is 1.89. The molecule has 1 amide bonds. The van der Waals surface area contributed by atoms with Crippen LogP contribution in [0.25, 0.3) is 0 Å². The summed E-state index contributed by atoms with van der Waals surface area (Å²) in [6.45, 7) is 0. The van der Waals surface area contributed by atoms with Crippen molar-refractivity contribution in [2.24, 2.45) is 0 Å². The molecule has 23 heavy (non-hydrogen) atoms. The lowest BCUT2D eigenvalue weighted by atomic mass is 10.2. The van der Waals surface area contributed by atoms with Gasteiger partial charge < -0.3 is 10.6 Å². The van der Waals surface area contributed by atoms with Crippen LogP contribution in [0.4, 0.5) is 24.7 Å². The molecule has 0 radical (unpaired) electrons. The molecule has 1 heterocycles. The van der Waals surface area contributed by atoms with Gasteiger partial charge in [0.05, 0.1) is 18.0 Å². The van der Waals surface area contributed by atoms with Gasteiger partial charge in [0.2, 0.25) is 0 Å². The lowest BCUT2D eigenvalue weighted by molar-refractivity contribution is -0.137. The Labute approximate surface area is 130 Å². The highest BCUT2D eigenvalue weighted by Crippen LogP contribution is 2.30. The van der Waals surface area contributed by atoms with E-state index in [0.717, 1.165) is 25.0 Å². The maximum Gasteiger partial charge on any atom is 0.416 e. The van der Waals surface area contributed by atoms with E-state index in [9.17, 15) is 18.0 Å². The molecule has 2 aromatic rings. The van der Waals surface area contributed by atoms with Crippen molar-refractivity contribution >= 4 is 17.4 Å². The second-order valence-corrected chi connectivity index (χ2v) is 5.23. The van der Waals surface area contributed by atoms with Crippen molar-refractivity contribution in [1.82, 2.24) is 15.3 Å². The van der Waals surface area contributed by atoms with Crippen molar-refractivity contribution in [1.29, 1.82) is 0 Å². The molecule has 5 nitrogen and oxygen atoms in total. The number of hydrogen-bond donors (Lipinski definition) is 2. The molecule has 3 rings (SSSR count).